The van der Waals surface area contributed by atoms with Gasteiger partial charge in [-0.25, -0.2) is 4.98 Å². The Balaban J connectivity index is 2.40. The summed E-state index contributed by atoms with van der Waals surface area (Å²) in [5, 5.41) is 0. The molecule has 0 aliphatic heterocycles. The van der Waals surface area contributed by atoms with Crippen molar-refractivity contribution in [2.45, 2.75) is 12.7 Å². The zero-order valence-corrected chi connectivity index (χ0v) is 12.9. The Hall–Kier alpha value is -2.84. The minimum absolute atomic E-state index is 0.149. The highest BCUT2D eigenvalue weighted by Gasteiger charge is 2.29. The van der Waals surface area contributed by atoms with Crippen molar-refractivity contribution in [3.8, 4) is 5.75 Å². The Labute approximate surface area is 135 Å². The molecule has 0 fully saturated rings. The smallest absolute Gasteiger partial charge is 0.406 e. The highest BCUT2D eigenvalue weighted by molar-refractivity contribution is 6.05. The zero-order valence-electron chi connectivity index (χ0n) is 12.9. The maximum Gasteiger partial charge on any atom is 0.406 e. The van der Waals surface area contributed by atoms with Crippen LogP contribution in [-0.4, -0.2) is 35.8 Å². The Kier molecular flexibility index (Phi) is 4.91. The average Bonchev–Trinajstić information content (AvgIpc) is 2.54. The maximum atomic E-state index is 12.5. The fourth-order valence-electron chi connectivity index (χ4n) is 2.09. The van der Waals surface area contributed by atoms with Crippen LogP contribution >= 0.6 is 0 Å². The van der Waals surface area contributed by atoms with Gasteiger partial charge in [-0.15, -0.1) is 0 Å². The van der Waals surface area contributed by atoms with Crippen LogP contribution in [0, 0.1) is 0 Å². The second-order valence-electron chi connectivity index (χ2n) is 4.86. The number of alkyl halides is 3. The van der Waals surface area contributed by atoms with Crippen LogP contribution in [0.15, 0.2) is 41.5 Å². The number of ether oxygens (including phenoxy) is 1. The summed E-state index contributed by atoms with van der Waals surface area (Å²) in [5.74, 6) is -0.343. The minimum Gasteiger partial charge on any atom is -0.493 e. The predicted molar refractivity (Wildman–Crippen MR) is 80.3 cm³/mol. The molecule has 6 nitrogen and oxygen atoms in total. The molecule has 0 aliphatic carbocycles. The molecule has 0 aliphatic rings. The third-order valence-electron chi connectivity index (χ3n) is 3.19. The molecule has 24 heavy (non-hydrogen) atoms. The number of aromatic nitrogens is 2. The van der Waals surface area contributed by atoms with E-state index < -0.39 is 29.8 Å². The molecule has 0 saturated carbocycles. The summed E-state index contributed by atoms with van der Waals surface area (Å²) < 4.78 is 43.0. The van der Waals surface area contributed by atoms with Crippen molar-refractivity contribution in [2.75, 3.05) is 19.1 Å². The average molecular weight is 341 g/mol. The third-order valence-corrected chi connectivity index (χ3v) is 3.19. The lowest BCUT2D eigenvalue weighted by Crippen LogP contribution is -2.36. The molecule has 2 heterocycles. The molecule has 2 aromatic rings. The number of carbonyl (C=O) groups is 1. The Morgan fingerprint density at radius 2 is 2.04 bits per heavy atom. The molecular weight excluding hydrogens is 327 g/mol. The lowest BCUT2D eigenvalue weighted by molar-refractivity contribution is -0.141. The summed E-state index contributed by atoms with van der Waals surface area (Å²) in [6.07, 6.45) is -2.16. The molecule has 2 rings (SSSR count). The second-order valence-corrected chi connectivity index (χ2v) is 4.86. The largest absolute Gasteiger partial charge is 0.493 e. The van der Waals surface area contributed by atoms with E-state index in [1.807, 2.05) is 0 Å². The van der Waals surface area contributed by atoms with Gasteiger partial charge in [0.05, 0.1) is 7.11 Å². The van der Waals surface area contributed by atoms with Gasteiger partial charge in [0, 0.05) is 19.4 Å². The molecule has 0 aromatic carbocycles. The number of anilines is 1. The number of pyridine rings is 2. The Morgan fingerprint density at radius 1 is 1.33 bits per heavy atom. The predicted octanol–water partition coefficient (Wildman–Crippen LogP) is 2.09. The monoisotopic (exact) mass is 341 g/mol. The summed E-state index contributed by atoms with van der Waals surface area (Å²) >= 11 is 0. The summed E-state index contributed by atoms with van der Waals surface area (Å²) in [6.45, 7) is -1.47. The molecule has 0 saturated heterocycles. The summed E-state index contributed by atoms with van der Waals surface area (Å²) in [4.78, 5) is 29.7. The summed E-state index contributed by atoms with van der Waals surface area (Å²) in [5.41, 5.74) is -1.42. The second kappa shape index (κ2) is 6.73. The van der Waals surface area contributed by atoms with Crippen LogP contribution in [0.1, 0.15) is 10.4 Å². The molecule has 0 spiro atoms. The number of methoxy groups -OCH3 is 1. The SMILES string of the molecule is COc1cccnc1N(C)C(=O)c1cccn(CC(F)(F)F)c1=O. The molecule has 2 aromatic heterocycles. The van der Waals surface area contributed by atoms with E-state index in [0.717, 1.165) is 11.1 Å². The van der Waals surface area contributed by atoms with Gasteiger partial charge in [-0.05, 0) is 24.3 Å². The van der Waals surface area contributed by atoms with Crippen LogP contribution in [0.4, 0.5) is 19.0 Å². The molecule has 0 unspecified atom stereocenters. The molecule has 0 bridgehead atoms. The van der Waals surface area contributed by atoms with E-state index in [-0.39, 0.29) is 5.82 Å². The molecular formula is C15H14F3N3O3. The number of rotatable bonds is 4. The lowest BCUT2D eigenvalue weighted by Gasteiger charge is -2.19. The van der Waals surface area contributed by atoms with Crippen LogP contribution in [0.3, 0.4) is 0 Å². The van der Waals surface area contributed by atoms with Gasteiger partial charge in [0.15, 0.2) is 11.6 Å². The van der Waals surface area contributed by atoms with Crippen LogP contribution in [0.5, 0.6) is 5.75 Å². The van der Waals surface area contributed by atoms with Crippen molar-refractivity contribution >= 4 is 11.7 Å². The highest BCUT2D eigenvalue weighted by atomic mass is 19.4. The van der Waals surface area contributed by atoms with E-state index in [4.69, 9.17) is 4.74 Å². The van der Waals surface area contributed by atoms with Crippen LogP contribution < -0.4 is 15.2 Å². The summed E-state index contributed by atoms with van der Waals surface area (Å²) in [6, 6.07) is 5.55. The molecule has 128 valence electrons. The number of halogens is 3. The van der Waals surface area contributed by atoms with Crippen LogP contribution in [0.25, 0.3) is 0 Å². The van der Waals surface area contributed by atoms with Crippen LogP contribution in [-0.2, 0) is 6.54 Å². The fraction of sp³-hybridized carbons (Fsp3) is 0.267. The first-order chi connectivity index (χ1) is 11.2. The topological polar surface area (TPSA) is 64.4 Å². The zero-order chi connectivity index (χ0) is 17.9. The number of hydrogen-bond acceptors (Lipinski definition) is 4. The first-order valence-electron chi connectivity index (χ1n) is 6.78. The number of nitrogens with zero attached hydrogens (tertiary/aromatic N) is 3. The third kappa shape index (κ3) is 3.73. The van der Waals surface area contributed by atoms with E-state index in [1.54, 1.807) is 12.1 Å². The van der Waals surface area contributed by atoms with Crippen molar-refractivity contribution < 1.29 is 22.7 Å². The van der Waals surface area contributed by atoms with Crippen molar-refractivity contribution in [3.05, 3.63) is 52.6 Å². The van der Waals surface area contributed by atoms with E-state index in [2.05, 4.69) is 4.98 Å². The minimum atomic E-state index is -4.57. The van der Waals surface area contributed by atoms with Crippen molar-refractivity contribution in [3.63, 3.8) is 0 Å². The quantitative estimate of drug-likeness (QED) is 0.854. The summed E-state index contributed by atoms with van der Waals surface area (Å²) in [7, 11) is 2.74. The van der Waals surface area contributed by atoms with Gasteiger partial charge in [0.1, 0.15) is 12.1 Å². The molecule has 9 heteroatoms. The number of carbonyl (C=O) groups excluding carboxylic acids is 1. The van der Waals surface area contributed by atoms with E-state index >= 15 is 0 Å². The standard InChI is InChI=1S/C15H14F3N3O3/c1-20(12-11(24-2)6-3-7-19-12)13(22)10-5-4-8-21(14(10)23)9-15(16,17)18/h3-8H,9H2,1-2H3. The molecule has 0 N–H and O–H groups in total. The van der Waals surface area contributed by atoms with E-state index in [0.29, 0.717) is 10.3 Å². The first-order valence-corrected chi connectivity index (χ1v) is 6.78. The van der Waals surface area contributed by atoms with Crippen molar-refractivity contribution in [1.29, 1.82) is 0 Å². The van der Waals surface area contributed by atoms with Gasteiger partial charge in [-0.1, -0.05) is 0 Å². The highest BCUT2D eigenvalue weighted by Crippen LogP contribution is 2.24. The normalized spacial score (nSPS) is 11.2. The fourth-order valence-corrected chi connectivity index (χ4v) is 2.09. The van der Waals surface area contributed by atoms with Gasteiger partial charge < -0.3 is 9.30 Å². The molecule has 0 atom stereocenters. The van der Waals surface area contributed by atoms with Gasteiger partial charge >= 0.3 is 6.18 Å². The Morgan fingerprint density at radius 3 is 2.67 bits per heavy atom. The van der Waals surface area contributed by atoms with E-state index in [9.17, 15) is 22.8 Å². The maximum absolute atomic E-state index is 12.5. The Bertz CT molecular complexity index is 802. The van der Waals surface area contributed by atoms with Crippen LogP contribution in [0.2, 0.25) is 0 Å². The number of hydrogen-bond donors (Lipinski definition) is 0. The van der Waals surface area contributed by atoms with E-state index in [1.165, 1.54) is 32.5 Å². The molecule has 0 radical (unpaired) electrons. The van der Waals surface area contributed by atoms with Gasteiger partial charge in [0.2, 0.25) is 0 Å². The van der Waals surface area contributed by atoms with Gasteiger partial charge in [-0.3, -0.25) is 14.5 Å². The van der Waals surface area contributed by atoms with Gasteiger partial charge in [-0.2, -0.15) is 13.2 Å². The van der Waals surface area contributed by atoms with Crippen molar-refractivity contribution in [2.24, 2.45) is 0 Å². The van der Waals surface area contributed by atoms with Crippen molar-refractivity contribution in [1.82, 2.24) is 9.55 Å². The first kappa shape index (κ1) is 17.5. The lowest BCUT2D eigenvalue weighted by atomic mass is 10.2. The molecule has 1 amide bonds. The van der Waals surface area contributed by atoms with Gasteiger partial charge in [0.25, 0.3) is 11.5 Å². The number of amides is 1.